The lowest BCUT2D eigenvalue weighted by Gasteiger charge is -2.37. The SMILES string of the molecule is COc1ccccc1N1CCN(c2ncnc3c2sc(=S)n3-c2ccccc2F)CC1. The van der Waals surface area contributed by atoms with Crippen LogP contribution < -0.4 is 14.5 Å². The van der Waals surface area contributed by atoms with E-state index in [-0.39, 0.29) is 5.82 Å². The molecule has 2 aromatic carbocycles. The van der Waals surface area contributed by atoms with Gasteiger partial charge in [0, 0.05) is 26.2 Å². The van der Waals surface area contributed by atoms with Crippen molar-refractivity contribution >= 4 is 45.4 Å². The first-order valence-electron chi connectivity index (χ1n) is 9.91. The molecule has 4 aromatic rings. The summed E-state index contributed by atoms with van der Waals surface area (Å²) >= 11 is 6.99. The Kier molecular flexibility index (Phi) is 5.29. The topological polar surface area (TPSA) is 46.4 Å². The van der Waals surface area contributed by atoms with Gasteiger partial charge in [-0.05, 0) is 36.5 Å². The number of benzene rings is 2. The maximum Gasteiger partial charge on any atom is 0.168 e. The van der Waals surface area contributed by atoms with Crippen molar-refractivity contribution in [2.45, 2.75) is 0 Å². The van der Waals surface area contributed by atoms with Gasteiger partial charge in [-0.2, -0.15) is 0 Å². The number of halogens is 1. The first kappa shape index (κ1) is 19.9. The highest BCUT2D eigenvalue weighted by atomic mass is 32.1. The lowest BCUT2D eigenvalue weighted by atomic mass is 10.2. The number of para-hydroxylation sites is 3. The zero-order valence-electron chi connectivity index (χ0n) is 16.9. The molecule has 1 saturated heterocycles. The number of hydrogen-bond acceptors (Lipinski definition) is 7. The third-order valence-corrected chi connectivity index (χ3v) is 6.81. The molecule has 3 heterocycles. The van der Waals surface area contributed by atoms with E-state index in [1.54, 1.807) is 29.9 Å². The van der Waals surface area contributed by atoms with Crippen molar-refractivity contribution in [3.63, 3.8) is 0 Å². The maximum atomic E-state index is 14.4. The van der Waals surface area contributed by atoms with Crippen LogP contribution in [-0.2, 0) is 0 Å². The Morgan fingerprint density at radius 3 is 2.35 bits per heavy atom. The Labute approximate surface area is 188 Å². The number of thiazole rings is 1. The summed E-state index contributed by atoms with van der Waals surface area (Å²) in [6.07, 6.45) is 1.53. The fourth-order valence-corrected chi connectivity index (χ4v) is 5.34. The van der Waals surface area contributed by atoms with E-state index >= 15 is 0 Å². The van der Waals surface area contributed by atoms with Crippen molar-refractivity contribution in [2.24, 2.45) is 0 Å². The Morgan fingerprint density at radius 1 is 0.935 bits per heavy atom. The van der Waals surface area contributed by atoms with Crippen LogP contribution in [0.3, 0.4) is 0 Å². The lowest BCUT2D eigenvalue weighted by molar-refractivity contribution is 0.413. The molecule has 0 N–H and O–H groups in total. The van der Waals surface area contributed by atoms with Gasteiger partial charge in [-0.15, -0.1) is 0 Å². The predicted molar refractivity (Wildman–Crippen MR) is 125 cm³/mol. The van der Waals surface area contributed by atoms with Gasteiger partial charge in [0.2, 0.25) is 0 Å². The van der Waals surface area contributed by atoms with Crippen LogP contribution in [0.25, 0.3) is 16.0 Å². The highest BCUT2D eigenvalue weighted by Crippen LogP contribution is 2.34. The van der Waals surface area contributed by atoms with Crippen LogP contribution in [0.4, 0.5) is 15.9 Å². The minimum Gasteiger partial charge on any atom is -0.495 e. The van der Waals surface area contributed by atoms with Crippen molar-refractivity contribution in [3.8, 4) is 11.4 Å². The predicted octanol–water partition coefficient (Wildman–Crippen LogP) is 4.69. The number of methoxy groups -OCH3 is 1. The van der Waals surface area contributed by atoms with Crippen molar-refractivity contribution < 1.29 is 9.13 Å². The number of aromatic nitrogens is 3. The number of anilines is 2. The molecule has 31 heavy (non-hydrogen) atoms. The van der Waals surface area contributed by atoms with E-state index in [1.165, 1.54) is 23.7 Å². The molecule has 0 aliphatic carbocycles. The molecule has 9 heteroatoms. The van der Waals surface area contributed by atoms with Gasteiger partial charge in [0.1, 0.15) is 22.6 Å². The van der Waals surface area contributed by atoms with Crippen LogP contribution in [0.2, 0.25) is 0 Å². The van der Waals surface area contributed by atoms with E-state index in [2.05, 4.69) is 25.8 Å². The summed E-state index contributed by atoms with van der Waals surface area (Å²) in [5.41, 5.74) is 2.14. The number of nitrogens with zero attached hydrogens (tertiary/aromatic N) is 5. The minimum atomic E-state index is -0.330. The summed E-state index contributed by atoms with van der Waals surface area (Å²) in [4.78, 5) is 13.6. The standard InChI is InChI=1S/C22H20FN5OS2/c1-29-18-9-5-4-8-17(18)26-10-12-27(13-11-26)20-19-21(25-14-24-20)28(22(30)31-19)16-7-3-2-6-15(16)23/h2-9,14H,10-13H2,1H3. The van der Waals surface area contributed by atoms with Gasteiger partial charge < -0.3 is 14.5 Å². The number of ether oxygens (including phenoxy) is 1. The Bertz CT molecular complexity index is 1300. The second-order valence-corrected chi connectivity index (χ2v) is 8.79. The van der Waals surface area contributed by atoms with Gasteiger partial charge in [0.15, 0.2) is 15.4 Å². The molecule has 2 aromatic heterocycles. The molecule has 5 rings (SSSR count). The molecule has 0 amide bonds. The van der Waals surface area contributed by atoms with Gasteiger partial charge in [-0.3, -0.25) is 4.57 Å². The molecule has 158 valence electrons. The van der Waals surface area contributed by atoms with Crippen LogP contribution in [0, 0.1) is 9.77 Å². The molecule has 1 fully saturated rings. The average molecular weight is 454 g/mol. The smallest absolute Gasteiger partial charge is 0.168 e. The molecule has 6 nitrogen and oxygen atoms in total. The Morgan fingerprint density at radius 2 is 1.61 bits per heavy atom. The molecule has 1 aliphatic heterocycles. The van der Waals surface area contributed by atoms with E-state index in [0.717, 1.165) is 48.1 Å². The third-order valence-electron chi connectivity index (χ3n) is 5.45. The van der Waals surface area contributed by atoms with E-state index < -0.39 is 0 Å². The Balaban J connectivity index is 1.47. The van der Waals surface area contributed by atoms with E-state index in [9.17, 15) is 4.39 Å². The highest BCUT2D eigenvalue weighted by molar-refractivity contribution is 7.73. The summed E-state index contributed by atoms with van der Waals surface area (Å²) in [6, 6.07) is 14.7. The van der Waals surface area contributed by atoms with Crippen molar-refractivity contribution in [1.82, 2.24) is 14.5 Å². The molecular formula is C22H20FN5OS2. The van der Waals surface area contributed by atoms with E-state index in [4.69, 9.17) is 17.0 Å². The third kappa shape index (κ3) is 3.53. The van der Waals surface area contributed by atoms with Gasteiger partial charge in [-0.25, -0.2) is 14.4 Å². The average Bonchev–Trinajstić information content (AvgIpc) is 3.15. The minimum absolute atomic E-state index is 0.330. The van der Waals surface area contributed by atoms with E-state index in [1.807, 2.05) is 18.2 Å². The van der Waals surface area contributed by atoms with Crippen LogP contribution in [0.1, 0.15) is 0 Å². The normalized spacial score (nSPS) is 14.3. The van der Waals surface area contributed by atoms with Crippen LogP contribution in [0.5, 0.6) is 5.75 Å². The summed E-state index contributed by atoms with van der Waals surface area (Å²) < 4.78 is 23.1. The molecule has 0 saturated carbocycles. The zero-order valence-corrected chi connectivity index (χ0v) is 18.5. The lowest BCUT2D eigenvalue weighted by Crippen LogP contribution is -2.47. The second-order valence-electron chi connectivity index (χ2n) is 7.15. The maximum absolute atomic E-state index is 14.4. The Hall–Kier alpha value is -3.04. The fraction of sp³-hybridized carbons (Fsp3) is 0.227. The molecular weight excluding hydrogens is 433 g/mol. The van der Waals surface area contributed by atoms with Crippen molar-refractivity contribution in [2.75, 3.05) is 43.1 Å². The van der Waals surface area contributed by atoms with Crippen molar-refractivity contribution in [1.29, 1.82) is 0 Å². The van der Waals surface area contributed by atoms with Gasteiger partial charge in [0.05, 0.1) is 18.5 Å². The number of hydrogen-bond donors (Lipinski definition) is 0. The number of rotatable bonds is 4. The monoisotopic (exact) mass is 453 g/mol. The van der Waals surface area contributed by atoms with Gasteiger partial charge in [-0.1, -0.05) is 35.6 Å². The molecule has 0 bridgehead atoms. The molecule has 0 unspecified atom stereocenters. The molecule has 0 atom stereocenters. The zero-order chi connectivity index (χ0) is 21.4. The first-order chi connectivity index (χ1) is 15.2. The summed E-state index contributed by atoms with van der Waals surface area (Å²) in [7, 11) is 1.70. The quantitative estimate of drug-likeness (QED) is 0.418. The first-order valence-corrected chi connectivity index (χ1v) is 11.1. The summed E-state index contributed by atoms with van der Waals surface area (Å²) in [5, 5.41) is 0. The summed E-state index contributed by atoms with van der Waals surface area (Å²) in [5.74, 6) is 1.39. The highest BCUT2D eigenvalue weighted by Gasteiger charge is 2.24. The molecule has 1 aliphatic rings. The van der Waals surface area contributed by atoms with Gasteiger partial charge >= 0.3 is 0 Å². The van der Waals surface area contributed by atoms with E-state index in [0.29, 0.717) is 15.3 Å². The number of fused-ring (bicyclic) bond motifs is 1. The number of piperazine rings is 1. The molecule has 0 spiro atoms. The largest absolute Gasteiger partial charge is 0.495 e. The fourth-order valence-electron chi connectivity index (χ4n) is 3.95. The van der Waals surface area contributed by atoms with Crippen molar-refractivity contribution in [3.05, 3.63) is 64.6 Å². The van der Waals surface area contributed by atoms with Crippen LogP contribution >= 0.6 is 23.6 Å². The van der Waals surface area contributed by atoms with Gasteiger partial charge in [0.25, 0.3) is 0 Å². The van der Waals surface area contributed by atoms with Crippen LogP contribution in [-0.4, -0.2) is 47.8 Å². The second kappa shape index (κ2) is 8.24. The molecule has 0 radical (unpaired) electrons. The van der Waals surface area contributed by atoms with Crippen LogP contribution in [0.15, 0.2) is 54.9 Å². The summed E-state index contributed by atoms with van der Waals surface area (Å²) in [6.45, 7) is 3.28.